The summed E-state index contributed by atoms with van der Waals surface area (Å²) in [7, 11) is 0. The SMILES string of the molecule is CC(C)c1cc(CCC(=O)C2=CC=CC2)ccc1F. The first kappa shape index (κ1) is 13.7. The zero-order valence-electron chi connectivity index (χ0n) is 11.4. The molecule has 0 saturated carbocycles. The van der Waals surface area contributed by atoms with Crippen LogP contribution in [0.5, 0.6) is 0 Å². The van der Waals surface area contributed by atoms with Crippen LogP contribution in [-0.4, -0.2) is 5.78 Å². The zero-order chi connectivity index (χ0) is 13.8. The van der Waals surface area contributed by atoms with E-state index in [2.05, 4.69) is 0 Å². The molecule has 1 nitrogen and oxygen atoms in total. The Balaban J connectivity index is 2.00. The van der Waals surface area contributed by atoms with Crippen LogP contribution in [0.25, 0.3) is 0 Å². The van der Waals surface area contributed by atoms with Crippen molar-refractivity contribution < 1.29 is 9.18 Å². The molecule has 0 amide bonds. The minimum Gasteiger partial charge on any atom is -0.295 e. The van der Waals surface area contributed by atoms with Crippen LogP contribution < -0.4 is 0 Å². The van der Waals surface area contributed by atoms with E-state index in [4.69, 9.17) is 0 Å². The molecule has 100 valence electrons. The predicted octanol–water partition coefficient (Wildman–Crippen LogP) is 4.34. The maximum atomic E-state index is 13.6. The van der Waals surface area contributed by atoms with Crippen molar-refractivity contribution in [2.45, 2.75) is 39.0 Å². The number of carbonyl (C=O) groups excluding carboxylic acids is 1. The number of allylic oxidation sites excluding steroid dienone is 4. The largest absolute Gasteiger partial charge is 0.295 e. The van der Waals surface area contributed by atoms with Crippen molar-refractivity contribution >= 4 is 5.78 Å². The van der Waals surface area contributed by atoms with Crippen molar-refractivity contribution in [1.29, 1.82) is 0 Å². The van der Waals surface area contributed by atoms with Gasteiger partial charge in [0.2, 0.25) is 0 Å². The first-order valence-corrected chi connectivity index (χ1v) is 6.75. The highest BCUT2D eigenvalue weighted by atomic mass is 19.1. The Hall–Kier alpha value is -1.70. The second-order valence-corrected chi connectivity index (χ2v) is 5.26. The molecule has 0 unspecified atom stereocenters. The van der Waals surface area contributed by atoms with Crippen LogP contribution in [0.1, 0.15) is 43.7 Å². The third kappa shape index (κ3) is 3.40. The van der Waals surface area contributed by atoms with Gasteiger partial charge in [-0.15, -0.1) is 0 Å². The summed E-state index contributed by atoms with van der Waals surface area (Å²) < 4.78 is 13.6. The molecule has 2 rings (SSSR count). The lowest BCUT2D eigenvalue weighted by molar-refractivity contribution is -0.115. The maximum Gasteiger partial charge on any atom is 0.159 e. The Bertz CT molecular complexity index is 538. The third-order valence-electron chi connectivity index (χ3n) is 3.45. The number of hydrogen-bond acceptors (Lipinski definition) is 1. The third-order valence-corrected chi connectivity index (χ3v) is 3.45. The van der Waals surface area contributed by atoms with E-state index in [1.165, 1.54) is 6.07 Å². The first-order chi connectivity index (χ1) is 9.08. The molecule has 0 spiro atoms. The molecule has 0 aromatic heterocycles. The molecule has 2 heteroatoms. The van der Waals surface area contributed by atoms with E-state index in [9.17, 15) is 9.18 Å². The van der Waals surface area contributed by atoms with Crippen LogP contribution in [0.4, 0.5) is 4.39 Å². The number of aryl methyl sites for hydroxylation is 1. The average Bonchev–Trinajstić information content (AvgIpc) is 2.91. The minimum atomic E-state index is -0.159. The van der Waals surface area contributed by atoms with Crippen LogP contribution in [0, 0.1) is 5.82 Å². The minimum absolute atomic E-state index is 0.159. The second-order valence-electron chi connectivity index (χ2n) is 5.26. The molecule has 0 atom stereocenters. The van der Waals surface area contributed by atoms with Crippen LogP contribution in [0.15, 0.2) is 42.0 Å². The number of benzene rings is 1. The quantitative estimate of drug-likeness (QED) is 0.768. The van der Waals surface area contributed by atoms with Crippen LogP contribution >= 0.6 is 0 Å². The zero-order valence-corrected chi connectivity index (χ0v) is 11.4. The van der Waals surface area contributed by atoms with E-state index < -0.39 is 0 Å². The van der Waals surface area contributed by atoms with Gasteiger partial charge in [-0.05, 0) is 41.5 Å². The first-order valence-electron chi connectivity index (χ1n) is 6.75. The van der Waals surface area contributed by atoms with E-state index in [0.29, 0.717) is 12.8 Å². The van der Waals surface area contributed by atoms with E-state index >= 15 is 0 Å². The Morgan fingerprint density at radius 1 is 1.37 bits per heavy atom. The number of halogens is 1. The lowest BCUT2D eigenvalue weighted by atomic mass is 9.96. The molecule has 0 bridgehead atoms. The normalized spacial score (nSPS) is 14.0. The fourth-order valence-electron chi connectivity index (χ4n) is 2.26. The van der Waals surface area contributed by atoms with Gasteiger partial charge >= 0.3 is 0 Å². The highest BCUT2D eigenvalue weighted by Gasteiger charge is 2.12. The molecule has 1 aliphatic rings. The maximum absolute atomic E-state index is 13.6. The summed E-state index contributed by atoms with van der Waals surface area (Å²) in [6, 6.07) is 5.16. The molecule has 19 heavy (non-hydrogen) atoms. The van der Waals surface area contributed by atoms with E-state index in [0.717, 1.165) is 23.1 Å². The number of Topliss-reactive ketones (excluding diaryl/α,β-unsaturated/α-hetero) is 1. The predicted molar refractivity (Wildman–Crippen MR) is 75.7 cm³/mol. The van der Waals surface area contributed by atoms with Gasteiger partial charge in [0.05, 0.1) is 0 Å². The molecule has 0 heterocycles. The summed E-state index contributed by atoms with van der Waals surface area (Å²) in [4.78, 5) is 11.9. The highest BCUT2D eigenvalue weighted by molar-refractivity contribution is 5.96. The van der Waals surface area contributed by atoms with Crippen LogP contribution in [-0.2, 0) is 11.2 Å². The van der Waals surface area contributed by atoms with Crippen LogP contribution in [0.3, 0.4) is 0 Å². The van der Waals surface area contributed by atoms with Gasteiger partial charge in [-0.3, -0.25) is 4.79 Å². The van der Waals surface area contributed by atoms with Gasteiger partial charge in [-0.1, -0.05) is 44.2 Å². The molecule has 0 fully saturated rings. The summed E-state index contributed by atoms with van der Waals surface area (Å²) in [5.41, 5.74) is 2.64. The highest BCUT2D eigenvalue weighted by Crippen LogP contribution is 2.21. The monoisotopic (exact) mass is 258 g/mol. The lowest BCUT2D eigenvalue weighted by Gasteiger charge is -2.09. The number of rotatable bonds is 5. The molecular formula is C17H19FO. The van der Waals surface area contributed by atoms with Crippen LogP contribution in [0.2, 0.25) is 0 Å². The number of hydrogen-bond donors (Lipinski definition) is 0. The molecule has 0 N–H and O–H groups in total. The Kier molecular flexibility index (Phi) is 4.31. The van der Waals surface area contributed by atoms with Crippen molar-refractivity contribution in [2.75, 3.05) is 0 Å². The van der Waals surface area contributed by atoms with Crippen molar-refractivity contribution in [3.63, 3.8) is 0 Å². The fourth-order valence-corrected chi connectivity index (χ4v) is 2.26. The summed E-state index contributed by atoms with van der Waals surface area (Å²) in [5, 5.41) is 0. The second kappa shape index (κ2) is 5.96. The fraction of sp³-hybridized carbons (Fsp3) is 0.353. The van der Waals surface area contributed by atoms with Gasteiger partial charge in [0.1, 0.15) is 5.82 Å². The molecule has 1 aromatic carbocycles. The standard InChI is InChI=1S/C17H19FO/c1-12(2)15-11-13(7-9-16(15)18)8-10-17(19)14-5-3-4-6-14/h3-5,7,9,11-12H,6,8,10H2,1-2H3. The van der Waals surface area contributed by atoms with E-state index in [-0.39, 0.29) is 17.5 Å². The van der Waals surface area contributed by atoms with Gasteiger partial charge in [0.15, 0.2) is 5.78 Å². The van der Waals surface area contributed by atoms with Gasteiger partial charge in [-0.2, -0.15) is 0 Å². The van der Waals surface area contributed by atoms with Gasteiger partial charge in [0, 0.05) is 6.42 Å². The van der Waals surface area contributed by atoms with E-state index in [1.807, 2.05) is 38.1 Å². The number of ketones is 1. The summed E-state index contributed by atoms with van der Waals surface area (Å²) in [6.45, 7) is 3.95. The molecule has 0 aliphatic heterocycles. The van der Waals surface area contributed by atoms with Gasteiger partial charge in [0.25, 0.3) is 0 Å². The van der Waals surface area contributed by atoms with Gasteiger partial charge in [-0.25, -0.2) is 4.39 Å². The van der Waals surface area contributed by atoms with Crippen molar-refractivity contribution in [2.24, 2.45) is 0 Å². The molecule has 1 aromatic rings. The summed E-state index contributed by atoms with van der Waals surface area (Å²) in [5.74, 6) is 0.200. The smallest absolute Gasteiger partial charge is 0.159 e. The topological polar surface area (TPSA) is 17.1 Å². The molecule has 0 radical (unpaired) electrons. The lowest BCUT2D eigenvalue weighted by Crippen LogP contribution is -2.03. The molecular weight excluding hydrogens is 239 g/mol. The van der Waals surface area contributed by atoms with E-state index in [1.54, 1.807) is 6.07 Å². The Morgan fingerprint density at radius 2 is 2.16 bits per heavy atom. The molecule has 1 aliphatic carbocycles. The van der Waals surface area contributed by atoms with Gasteiger partial charge < -0.3 is 0 Å². The van der Waals surface area contributed by atoms with Crippen molar-refractivity contribution in [3.05, 3.63) is 58.9 Å². The Labute approximate surface area is 113 Å². The number of carbonyl (C=O) groups is 1. The average molecular weight is 258 g/mol. The summed E-state index contributed by atoms with van der Waals surface area (Å²) >= 11 is 0. The summed E-state index contributed by atoms with van der Waals surface area (Å²) in [6.07, 6.45) is 7.71. The Morgan fingerprint density at radius 3 is 2.79 bits per heavy atom. The van der Waals surface area contributed by atoms with Crippen molar-refractivity contribution in [1.82, 2.24) is 0 Å². The van der Waals surface area contributed by atoms with Crippen molar-refractivity contribution in [3.8, 4) is 0 Å². The molecule has 0 saturated heterocycles.